The maximum Gasteiger partial charge on any atom is 0.355 e. The third-order valence-corrected chi connectivity index (χ3v) is 9.97. The number of nitrogens with two attached hydrogens (primary N) is 2. The summed E-state index contributed by atoms with van der Waals surface area (Å²) in [6.45, 7) is 5.99. The number of thiazole rings is 2. The van der Waals surface area contributed by atoms with E-state index < -0.39 is 11.8 Å². The van der Waals surface area contributed by atoms with Gasteiger partial charge in [-0.05, 0) is 87.7 Å². The number of nitrogens with one attached hydrogen (secondary N) is 1. The molecular formula is C36H44FN7O5S2. The summed E-state index contributed by atoms with van der Waals surface area (Å²) in [5.74, 6) is 5.46. The van der Waals surface area contributed by atoms with Crippen LogP contribution in [-0.4, -0.2) is 82.7 Å². The van der Waals surface area contributed by atoms with Crippen LogP contribution in [0.4, 0.5) is 14.7 Å². The first-order valence-corrected chi connectivity index (χ1v) is 18.1. The Morgan fingerprint density at radius 3 is 2.63 bits per heavy atom. The molecule has 0 aliphatic carbocycles. The Balaban J connectivity index is 0.00000138. The number of ether oxygens (including phenoxy) is 1. The van der Waals surface area contributed by atoms with Crippen LogP contribution in [0.3, 0.4) is 0 Å². The molecule has 2 aromatic heterocycles. The Morgan fingerprint density at radius 2 is 1.94 bits per heavy atom. The number of halogens is 1. The lowest BCUT2D eigenvalue weighted by atomic mass is 9.99. The minimum absolute atomic E-state index is 0.0166. The van der Waals surface area contributed by atoms with E-state index in [1.165, 1.54) is 28.7 Å². The second-order valence-corrected chi connectivity index (χ2v) is 13.6. The second kappa shape index (κ2) is 19.0. The number of hydrogen-bond donors (Lipinski definition) is 6. The quantitative estimate of drug-likeness (QED) is 0.0804. The molecule has 0 saturated heterocycles. The maximum atomic E-state index is 14.6. The topological polar surface area (TPSA) is 183 Å². The molecule has 2 aromatic carbocycles. The molecule has 51 heavy (non-hydrogen) atoms. The van der Waals surface area contributed by atoms with Crippen molar-refractivity contribution < 1.29 is 29.2 Å². The van der Waals surface area contributed by atoms with Crippen LogP contribution in [0, 0.1) is 17.7 Å². The molecule has 0 spiro atoms. The summed E-state index contributed by atoms with van der Waals surface area (Å²) in [5, 5.41) is 29.6. The molecular weight excluding hydrogens is 694 g/mol. The predicted molar refractivity (Wildman–Crippen MR) is 201 cm³/mol. The van der Waals surface area contributed by atoms with Gasteiger partial charge in [0, 0.05) is 17.0 Å². The van der Waals surface area contributed by atoms with E-state index in [9.17, 15) is 14.3 Å². The number of aliphatic hydroxyl groups is 2. The molecule has 0 amide bonds. The first-order valence-electron chi connectivity index (χ1n) is 16.5. The molecule has 0 unspecified atom stereocenters. The van der Waals surface area contributed by atoms with Gasteiger partial charge in [-0.15, -0.1) is 11.3 Å². The highest BCUT2D eigenvalue weighted by atomic mass is 32.1. The molecule has 1 aliphatic rings. The van der Waals surface area contributed by atoms with Gasteiger partial charge in [0.1, 0.15) is 11.6 Å². The number of allylic oxidation sites excluding steroid dienone is 2. The number of aliphatic hydroxyl groups excluding tert-OH is 2. The van der Waals surface area contributed by atoms with Gasteiger partial charge < -0.3 is 41.7 Å². The van der Waals surface area contributed by atoms with Crippen LogP contribution in [0.5, 0.6) is 5.75 Å². The van der Waals surface area contributed by atoms with E-state index in [0.29, 0.717) is 58.3 Å². The first-order chi connectivity index (χ1) is 24.6. The fourth-order valence-electron chi connectivity index (χ4n) is 4.99. The van der Waals surface area contributed by atoms with Crippen molar-refractivity contribution in [3.8, 4) is 17.6 Å². The lowest BCUT2D eigenvalue weighted by Gasteiger charge is -2.30. The summed E-state index contributed by atoms with van der Waals surface area (Å²) in [6.07, 6.45) is 2.38. The zero-order valence-corrected chi connectivity index (χ0v) is 30.5. The Labute approximate surface area is 304 Å². The third-order valence-electron chi connectivity index (χ3n) is 7.88. The van der Waals surface area contributed by atoms with Crippen LogP contribution in [0.25, 0.3) is 10.2 Å². The van der Waals surface area contributed by atoms with Gasteiger partial charge in [0.15, 0.2) is 27.5 Å². The first kappa shape index (κ1) is 39.1. The minimum atomic E-state index is -1.11. The van der Waals surface area contributed by atoms with Gasteiger partial charge >= 0.3 is 5.97 Å². The number of rotatable bonds is 13. The van der Waals surface area contributed by atoms with Gasteiger partial charge in [0.05, 0.1) is 36.6 Å². The molecule has 12 nitrogen and oxygen atoms in total. The molecule has 3 heterocycles. The SMILES string of the molecule is CCN(C)CC#Cc1ccc(OCCCc2sc(N3CCCC(/C(C)=C(\N)Nc4nc5ccccc5s4)=C3N)nc2C(=O)O)c(F)c1.OCCO. The number of nitrogens with zero attached hydrogens (tertiary/aromatic N) is 4. The Hall–Kier alpha value is -4.72. The van der Waals surface area contributed by atoms with Crippen LogP contribution in [0.2, 0.25) is 0 Å². The van der Waals surface area contributed by atoms with E-state index in [-0.39, 0.29) is 31.3 Å². The lowest BCUT2D eigenvalue weighted by molar-refractivity contribution is 0.0690. The summed E-state index contributed by atoms with van der Waals surface area (Å²) < 4.78 is 21.4. The van der Waals surface area contributed by atoms with Crippen LogP contribution in [-0.2, 0) is 6.42 Å². The standard InChI is InChI=1S/C34H38FN7O3S2.C2H6O2/c1-4-41(3)17-7-10-22-15-16-26(24(35)20-22)45-19-9-14-28-29(32(43)44)39-34(47-28)42-18-8-11-23(31(42)37)21(2)30(36)40-33-38-25-12-5-6-13-27(25)46-33;3-1-2-4/h5-6,12-13,15-16,20H,4,8-9,11,14,17-19,36-37H2,1-3H3,(H,38,40)(H,43,44);3-4H,1-2H2/b30-21+;. The summed E-state index contributed by atoms with van der Waals surface area (Å²) >= 11 is 2.80. The number of anilines is 2. The van der Waals surface area contributed by atoms with E-state index >= 15 is 0 Å². The maximum absolute atomic E-state index is 14.6. The van der Waals surface area contributed by atoms with Crippen molar-refractivity contribution in [3.63, 3.8) is 0 Å². The zero-order valence-electron chi connectivity index (χ0n) is 28.9. The molecule has 0 radical (unpaired) electrons. The van der Waals surface area contributed by atoms with Crippen LogP contribution in [0.1, 0.15) is 54.0 Å². The van der Waals surface area contributed by atoms with Crippen molar-refractivity contribution in [2.45, 2.75) is 39.5 Å². The summed E-state index contributed by atoms with van der Waals surface area (Å²) in [4.78, 5) is 25.7. The van der Waals surface area contributed by atoms with Gasteiger partial charge in [0.25, 0.3) is 0 Å². The van der Waals surface area contributed by atoms with E-state index in [4.69, 9.17) is 26.4 Å². The summed E-state index contributed by atoms with van der Waals surface area (Å²) in [7, 11) is 1.97. The highest BCUT2D eigenvalue weighted by molar-refractivity contribution is 7.22. The van der Waals surface area contributed by atoms with Crippen molar-refractivity contribution >= 4 is 49.1 Å². The normalized spacial score (nSPS) is 13.4. The molecule has 5 rings (SSSR count). The van der Waals surface area contributed by atoms with E-state index in [0.717, 1.165) is 40.7 Å². The lowest BCUT2D eigenvalue weighted by Crippen LogP contribution is -2.34. The number of para-hydroxylation sites is 1. The number of aryl methyl sites for hydroxylation is 1. The van der Waals surface area contributed by atoms with Gasteiger partial charge in [-0.3, -0.25) is 4.90 Å². The van der Waals surface area contributed by atoms with Gasteiger partial charge in [-0.25, -0.2) is 19.2 Å². The van der Waals surface area contributed by atoms with Gasteiger partial charge in [-0.2, -0.15) is 0 Å². The van der Waals surface area contributed by atoms with E-state index in [2.05, 4.69) is 32.0 Å². The van der Waals surface area contributed by atoms with E-state index in [1.54, 1.807) is 12.1 Å². The molecule has 272 valence electrons. The Kier molecular flexibility index (Phi) is 14.6. The van der Waals surface area contributed by atoms with Crippen LogP contribution < -0.4 is 26.4 Å². The van der Waals surface area contributed by atoms with Gasteiger partial charge in [-0.1, -0.05) is 42.2 Å². The predicted octanol–water partition coefficient (Wildman–Crippen LogP) is 4.95. The second-order valence-electron chi connectivity index (χ2n) is 11.5. The third kappa shape index (κ3) is 10.6. The summed E-state index contributed by atoms with van der Waals surface area (Å²) in [5.41, 5.74) is 16.3. The van der Waals surface area contributed by atoms with Crippen molar-refractivity contribution in [2.75, 3.05) is 56.7 Å². The molecule has 0 bridgehead atoms. The number of aromatic nitrogens is 2. The molecule has 15 heteroatoms. The largest absolute Gasteiger partial charge is 0.491 e. The van der Waals surface area contributed by atoms with Crippen molar-refractivity contribution in [2.24, 2.45) is 11.5 Å². The fourth-order valence-corrected chi connectivity index (χ4v) is 7.00. The van der Waals surface area contributed by atoms with Crippen molar-refractivity contribution in [1.82, 2.24) is 14.9 Å². The number of benzene rings is 2. The smallest absolute Gasteiger partial charge is 0.355 e. The molecule has 4 aromatic rings. The number of carboxylic acid groups (broad SMARTS) is 1. The average molecular weight is 738 g/mol. The molecule has 0 fully saturated rings. The highest BCUT2D eigenvalue weighted by Crippen LogP contribution is 2.35. The van der Waals surface area contributed by atoms with E-state index in [1.807, 2.05) is 50.1 Å². The number of fused-ring (bicyclic) bond motifs is 1. The Morgan fingerprint density at radius 1 is 1.18 bits per heavy atom. The van der Waals surface area contributed by atoms with Gasteiger partial charge in [0.2, 0.25) is 0 Å². The molecule has 8 N–H and O–H groups in total. The zero-order chi connectivity index (χ0) is 36.9. The van der Waals surface area contributed by atoms with Crippen molar-refractivity contribution in [1.29, 1.82) is 0 Å². The molecule has 0 saturated carbocycles. The number of carboxylic acids is 1. The van der Waals surface area contributed by atoms with Crippen LogP contribution >= 0.6 is 22.7 Å². The fraction of sp³-hybridized carbons (Fsp3) is 0.361. The number of aromatic carboxylic acids is 1. The summed E-state index contributed by atoms with van der Waals surface area (Å²) in [6, 6.07) is 12.5. The monoisotopic (exact) mass is 737 g/mol. The Bertz CT molecular complexity index is 1900. The van der Waals surface area contributed by atoms with Crippen LogP contribution in [0.15, 0.2) is 65.3 Å². The minimum Gasteiger partial charge on any atom is -0.491 e. The molecule has 0 atom stereocenters. The number of carbonyl (C=O) groups is 1. The average Bonchev–Trinajstić information content (AvgIpc) is 3.74. The number of hydrogen-bond acceptors (Lipinski definition) is 13. The highest BCUT2D eigenvalue weighted by Gasteiger charge is 2.26. The molecule has 1 aliphatic heterocycles. The van der Waals surface area contributed by atoms with Crippen molar-refractivity contribution in [3.05, 3.63) is 87.2 Å².